The van der Waals surface area contributed by atoms with Gasteiger partial charge in [0.15, 0.2) is 0 Å². The molecule has 120 valence electrons. The first-order chi connectivity index (χ1) is 10.5. The molecular weight excluding hydrogens is 276 g/mol. The third-order valence-corrected chi connectivity index (χ3v) is 4.06. The Morgan fingerprint density at radius 2 is 1.82 bits per heavy atom. The third kappa shape index (κ3) is 4.24. The molecule has 1 rings (SSSR count). The van der Waals surface area contributed by atoms with Crippen LogP contribution in [0.1, 0.15) is 37.0 Å². The van der Waals surface area contributed by atoms with Crippen molar-refractivity contribution in [1.29, 1.82) is 5.26 Å². The minimum absolute atomic E-state index is 0.103. The van der Waals surface area contributed by atoms with Crippen LogP contribution in [0.2, 0.25) is 0 Å². The predicted molar refractivity (Wildman–Crippen MR) is 87.8 cm³/mol. The maximum Gasteiger partial charge on any atom is 0.240 e. The van der Waals surface area contributed by atoms with E-state index in [1.54, 1.807) is 4.90 Å². The zero-order valence-corrected chi connectivity index (χ0v) is 14.3. The van der Waals surface area contributed by atoms with Gasteiger partial charge in [0.25, 0.3) is 0 Å². The van der Waals surface area contributed by atoms with E-state index in [4.69, 9.17) is 4.74 Å². The van der Waals surface area contributed by atoms with Crippen LogP contribution in [-0.4, -0.2) is 30.5 Å². The lowest BCUT2D eigenvalue weighted by molar-refractivity contribution is -0.133. The summed E-state index contributed by atoms with van der Waals surface area (Å²) in [4.78, 5) is 13.9. The Morgan fingerprint density at radius 3 is 2.36 bits per heavy atom. The number of carbonyl (C=O) groups excluding carboxylic acids is 1. The number of hydrogen-bond acceptors (Lipinski definition) is 3. The molecule has 1 amide bonds. The standard InChI is InChI=1S/C18H26N2O2/c1-6-20(7-2)18(21)16(12-19)10-11-22-17-14(4)9-8-13(3)15(17)5/h8-9,16H,6-7,10-11H2,1-5H3. The minimum Gasteiger partial charge on any atom is -0.493 e. The molecule has 4 heteroatoms. The number of ether oxygens (including phenoxy) is 1. The molecule has 0 aromatic heterocycles. The van der Waals surface area contributed by atoms with Gasteiger partial charge in [0.1, 0.15) is 11.7 Å². The number of hydrogen-bond donors (Lipinski definition) is 0. The van der Waals surface area contributed by atoms with E-state index in [9.17, 15) is 10.1 Å². The first kappa shape index (κ1) is 18.0. The maximum atomic E-state index is 12.2. The number of nitrogens with zero attached hydrogens (tertiary/aromatic N) is 2. The van der Waals surface area contributed by atoms with Crippen LogP contribution in [0.25, 0.3) is 0 Å². The van der Waals surface area contributed by atoms with E-state index in [1.165, 1.54) is 5.56 Å². The van der Waals surface area contributed by atoms with Crippen LogP contribution in [0.4, 0.5) is 0 Å². The number of rotatable bonds is 7. The van der Waals surface area contributed by atoms with Gasteiger partial charge in [0.2, 0.25) is 5.91 Å². The van der Waals surface area contributed by atoms with Gasteiger partial charge in [-0.1, -0.05) is 12.1 Å². The summed E-state index contributed by atoms with van der Waals surface area (Å²) in [7, 11) is 0. The lowest BCUT2D eigenvalue weighted by atomic mass is 10.0. The fourth-order valence-corrected chi connectivity index (χ4v) is 2.43. The number of carbonyl (C=O) groups is 1. The van der Waals surface area contributed by atoms with Gasteiger partial charge in [-0.2, -0.15) is 5.26 Å². The van der Waals surface area contributed by atoms with Crippen molar-refractivity contribution in [2.75, 3.05) is 19.7 Å². The molecule has 0 heterocycles. The summed E-state index contributed by atoms with van der Waals surface area (Å²) in [6.45, 7) is 11.6. The number of benzene rings is 1. The molecule has 0 N–H and O–H groups in total. The van der Waals surface area contributed by atoms with Gasteiger partial charge in [0.05, 0.1) is 12.7 Å². The molecule has 0 aliphatic carbocycles. The number of aryl methyl sites for hydroxylation is 2. The van der Waals surface area contributed by atoms with Crippen LogP contribution < -0.4 is 4.74 Å². The van der Waals surface area contributed by atoms with Gasteiger partial charge in [0, 0.05) is 19.5 Å². The molecule has 1 unspecified atom stereocenters. The van der Waals surface area contributed by atoms with Crippen molar-refractivity contribution in [3.05, 3.63) is 28.8 Å². The van der Waals surface area contributed by atoms with Crippen LogP contribution >= 0.6 is 0 Å². The summed E-state index contributed by atoms with van der Waals surface area (Å²) in [6.07, 6.45) is 0.415. The zero-order chi connectivity index (χ0) is 16.7. The van der Waals surface area contributed by atoms with Gasteiger partial charge in [-0.3, -0.25) is 4.79 Å². The van der Waals surface area contributed by atoms with Gasteiger partial charge in [-0.25, -0.2) is 0 Å². The van der Waals surface area contributed by atoms with E-state index >= 15 is 0 Å². The van der Waals surface area contributed by atoms with Crippen molar-refractivity contribution in [2.24, 2.45) is 5.92 Å². The third-order valence-electron chi connectivity index (χ3n) is 4.06. The molecule has 0 bridgehead atoms. The van der Waals surface area contributed by atoms with E-state index in [2.05, 4.69) is 12.1 Å². The van der Waals surface area contributed by atoms with Gasteiger partial charge in [-0.15, -0.1) is 0 Å². The molecule has 1 atom stereocenters. The minimum atomic E-state index is -0.634. The average molecular weight is 302 g/mol. The van der Waals surface area contributed by atoms with Gasteiger partial charge in [-0.05, 0) is 51.3 Å². The highest BCUT2D eigenvalue weighted by Crippen LogP contribution is 2.26. The quantitative estimate of drug-likeness (QED) is 0.776. The highest BCUT2D eigenvalue weighted by molar-refractivity contribution is 5.81. The Labute approximate surface area is 133 Å². The Hall–Kier alpha value is -2.02. The second-order valence-corrected chi connectivity index (χ2v) is 5.48. The van der Waals surface area contributed by atoms with Crippen molar-refractivity contribution in [3.63, 3.8) is 0 Å². The van der Waals surface area contributed by atoms with Crippen LogP contribution in [0, 0.1) is 38.0 Å². The maximum absolute atomic E-state index is 12.2. The summed E-state index contributed by atoms with van der Waals surface area (Å²) in [5, 5.41) is 9.23. The Kier molecular flexibility index (Phi) is 6.91. The Balaban J connectivity index is 2.68. The molecule has 0 aliphatic rings. The second-order valence-electron chi connectivity index (χ2n) is 5.48. The van der Waals surface area contributed by atoms with E-state index in [0.29, 0.717) is 26.1 Å². The number of amides is 1. The highest BCUT2D eigenvalue weighted by atomic mass is 16.5. The summed E-state index contributed by atoms with van der Waals surface area (Å²) >= 11 is 0. The van der Waals surface area contributed by atoms with Crippen molar-refractivity contribution in [2.45, 2.75) is 41.0 Å². The lowest BCUT2D eigenvalue weighted by Gasteiger charge is -2.22. The molecule has 0 saturated heterocycles. The van der Waals surface area contributed by atoms with Crippen molar-refractivity contribution in [3.8, 4) is 11.8 Å². The highest BCUT2D eigenvalue weighted by Gasteiger charge is 2.22. The second kappa shape index (κ2) is 8.43. The van der Waals surface area contributed by atoms with E-state index < -0.39 is 5.92 Å². The Morgan fingerprint density at radius 1 is 1.23 bits per heavy atom. The molecule has 0 aliphatic heterocycles. The molecule has 22 heavy (non-hydrogen) atoms. The van der Waals surface area contributed by atoms with Crippen molar-refractivity contribution in [1.82, 2.24) is 4.90 Å². The van der Waals surface area contributed by atoms with Gasteiger partial charge < -0.3 is 9.64 Å². The first-order valence-corrected chi connectivity index (χ1v) is 7.84. The van der Waals surface area contributed by atoms with E-state index in [1.807, 2.05) is 40.7 Å². The summed E-state index contributed by atoms with van der Waals surface area (Å²) in [5.74, 6) is 0.131. The van der Waals surface area contributed by atoms with E-state index in [0.717, 1.165) is 16.9 Å². The molecule has 4 nitrogen and oxygen atoms in total. The van der Waals surface area contributed by atoms with Crippen molar-refractivity contribution < 1.29 is 9.53 Å². The summed E-state index contributed by atoms with van der Waals surface area (Å²) < 4.78 is 5.86. The summed E-state index contributed by atoms with van der Waals surface area (Å²) in [5.41, 5.74) is 3.37. The Bertz CT molecular complexity index is 557. The molecule has 0 saturated carbocycles. The van der Waals surface area contributed by atoms with Crippen LogP contribution in [-0.2, 0) is 4.79 Å². The largest absolute Gasteiger partial charge is 0.493 e. The molecular formula is C18H26N2O2. The first-order valence-electron chi connectivity index (χ1n) is 7.84. The molecule has 0 spiro atoms. The average Bonchev–Trinajstić information content (AvgIpc) is 2.51. The van der Waals surface area contributed by atoms with Crippen LogP contribution in [0.5, 0.6) is 5.75 Å². The van der Waals surface area contributed by atoms with E-state index in [-0.39, 0.29) is 5.91 Å². The van der Waals surface area contributed by atoms with Crippen molar-refractivity contribution >= 4 is 5.91 Å². The molecule has 1 aromatic carbocycles. The van der Waals surface area contributed by atoms with Gasteiger partial charge >= 0.3 is 0 Å². The lowest BCUT2D eigenvalue weighted by Crippen LogP contribution is -2.36. The fourth-order valence-electron chi connectivity index (χ4n) is 2.43. The SMILES string of the molecule is CCN(CC)C(=O)C(C#N)CCOc1c(C)ccc(C)c1C. The predicted octanol–water partition coefficient (Wildman–Crippen LogP) is 3.39. The van der Waals surface area contributed by atoms with Crippen LogP contribution in [0.15, 0.2) is 12.1 Å². The molecule has 0 fully saturated rings. The normalized spacial score (nSPS) is 11.6. The zero-order valence-electron chi connectivity index (χ0n) is 14.3. The topological polar surface area (TPSA) is 53.3 Å². The fraction of sp³-hybridized carbons (Fsp3) is 0.556. The molecule has 1 aromatic rings. The number of nitriles is 1. The van der Waals surface area contributed by atoms with Crippen LogP contribution in [0.3, 0.4) is 0 Å². The monoisotopic (exact) mass is 302 g/mol. The smallest absolute Gasteiger partial charge is 0.240 e. The summed E-state index contributed by atoms with van der Waals surface area (Å²) in [6, 6.07) is 6.20. The molecule has 0 radical (unpaired) electrons.